The maximum absolute atomic E-state index is 11.6. The second kappa shape index (κ2) is 10.1. The van der Waals surface area contributed by atoms with Crippen molar-refractivity contribution in [2.24, 2.45) is 5.73 Å². The van der Waals surface area contributed by atoms with Crippen molar-refractivity contribution < 1.29 is 9.53 Å². The Balaban J connectivity index is 4.29. The lowest BCUT2D eigenvalue weighted by Crippen LogP contribution is -2.53. The molecule has 0 saturated carbocycles. The van der Waals surface area contributed by atoms with Gasteiger partial charge in [-0.3, -0.25) is 9.69 Å². The molecule has 1 atom stereocenters. The number of nitrogens with zero attached hydrogens (tertiary/aromatic N) is 1. The molecule has 0 radical (unpaired) electrons. The highest BCUT2D eigenvalue weighted by molar-refractivity contribution is 5.84. The molecule has 0 spiro atoms. The topological polar surface area (TPSA) is 67.6 Å². The first-order valence-corrected chi connectivity index (χ1v) is 7.65. The third kappa shape index (κ3) is 7.22. The van der Waals surface area contributed by atoms with Crippen LogP contribution in [0.3, 0.4) is 0 Å². The third-order valence-electron chi connectivity index (χ3n) is 3.74. The number of nitrogens with two attached hydrogens (primary N) is 1. The second-order valence-corrected chi connectivity index (χ2v) is 5.85. The Hall–Kier alpha value is -0.650. The lowest BCUT2D eigenvalue weighted by molar-refractivity contribution is -0.124. The number of rotatable bonds is 12. The first kappa shape index (κ1) is 19.4. The fourth-order valence-electron chi connectivity index (χ4n) is 2.17. The van der Waals surface area contributed by atoms with Gasteiger partial charge < -0.3 is 15.8 Å². The fraction of sp³-hybridized carbons (Fsp3) is 0.933. The number of hydrogen-bond donors (Lipinski definition) is 2. The van der Waals surface area contributed by atoms with Crippen LogP contribution in [0.2, 0.25) is 0 Å². The number of amides is 1. The molecule has 0 fully saturated rings. The van der Waals surface area contributed by atoms with Crippen molar-refractivity contribution in [3.8, 4) is 0 Å². The van der Waals surface area contributed by atoms with Gasteiger partial charge >= 0.3 is 0 Å². The number of ether oxygens (including phenoxy) is 1. The van der Waals surface area contributed by atoms with E-state index in [1.807, 2.05) is 6.92 Å². The Morgan fingerprint density at radius 3 is 2.50 bits per heavy atom. The van der Waals surface area contributed by atoms with Gasteiger partial charge in [0.1, 0.15) is 0 Å². The molecule has 0 aromatic rings. The normalized spacial score (nSPS) is 14.8. The average molecular weight is 287 g/mol. The van der Waals surface area contributed by atoms with E-state index in [9.17, 15) is 4.79 Å². The summed E-state index contributed by atoms with van der Waals surface area (Å²) in [5, 5.41) is 3.27. The van der Waals surface area contributed by atoms with E-state index in [4.69, 9.17) is 10.5 Å². The summed E-state index contributed by atoms with van der Waals surface area (Å²) in [6.07, 6.45) is 2.70. The lowest BCUT2D eigenvalue weighted by atomic mass is 9.94. The van der Waals surface area contributed by atoms with E-state index < -0.39 is 5.54 Å². The molecule has 0 aliphatic rings. The highest BCUT2D eigenvalue weighted by Crippen LogP contribution is 2.13. The predicted molar refractivity (Wildman–Crippen MR) is 83.7 cm³/mol. The largest absolute Gasteiger partial charge is 0.383 e. The van der Waals surface area contributed by atoms with E-state index in [1.54, 1.807) is 7.11 Å². The van der Waals surface area contributed by atoms with Gasteiger partial charge in [0.15, 0.2) is 0 Å². The number of nitrogens with one attached hydrogen (secondary N) is 1. The summed E-state index contributed by atoms with van der Waals surface area (Å²) in [7, 11) is 1.72. The zero-order valence-corrected chi connectivity index (χ0v) is 13.9. The molecule has 5 nitrogen and oxygen atoms in total. The van der Waals surface area contributed by atoms with Gasteiger partial charge in [0.25, 0.3) is 0 Å². The van der Waals surface area contributed by atoms with Gasteiger partial charge in [-0.1, -0.05) is 6.92 Å². The number of carbonyl (C=O) groups excluding carboxylic acids is 1. The van der Waals surface area contributed by atoms with Crippen LogP contribution in [0.25, 0.3) is 0 Å². The molecular formula is C15H33N3O2. The zero-order valence-electron chi connectivity index (χ0n) is 13.9. The van der Waals surface area contributed by atoms with Crippen LogP contribution in [0, 0.1) is 0 Å². The molecule has 0 aromatic carbocycles. The van der Waals surface area contributed by atoms with E-state index in [0.717, 1.165) is 45.5 Å². The molecule has 0 heterocycles. The Bertz CT molecular complexity index is 272. The molecular weight excluding hydrogens is 254 g/mol. The van der Waals surface area contributed by atoms with Gasteiger partial charge in [0.2, 0.25) is 5.91 Å². The number of methoxy groups -OCH3 is 1. The first-order chi connectivity index (χ1) is 9.37. The van der Waals surface area contributed by atoms with Crippen molar-refractivity contribution in [3.05, 3.63) is 0 Å². The van der Waals surface area contributed by atoms with Crippen molar-refractivity contribution in [2.45, 2.75) is 58.5 Å². The van der Waals surface area contributed by atoms with Crippen LogP contribution >= 0.6 is 0 Å². The van der Waals surface area contributed by atoms with Crippen molar-refractivity contribution in [3.63, 3.8) is 0 Å². The Morgan fingerprint density at radius 1 is 1.40 bits per heavy atom. The summed E-state index contributed by atoms with van der Waals surface area (Å²) in [5.41, 5.74) is 4.94. The molecule has 0 aromatic heterocycles. The van der Waals surface area contributed by atoms with E-state index in [2.05, 4.69) is 31.0 Å². The highest BCUT2D eigenvalue weighted by Gasteiger charge is 2.29. The Morgan fingerprint density at radius 2 is 2.05 bits per heavy atom. The summed E-state index contributed by atoms with van der Waals surface area (Å²) in [4.78, 5) is 14.0. The molecule has 0 rings (SSSR count). The van der Waals surface area contributed by atoms with Gasteiger partial charge in [0, 0.05) is 19.7 Å². The molecule has 1 unspecified atom stereocenters. The average Bonchev–Trinajstić information content (AvgIpc) is 2.39. The molecule has 3 N–H and O–H groups in total. The number of carbonyl (C=O) groups is 1. The van der Waals surface area contributed by atoms with E-state index in [1.165, 1.54) is 0 Å². The van der Waals surface area contributed by atoms with Crippen molar-refractivity contribution in [1.29, 1.82) is 0 Å². The van der Waals surface area contributed by atoms with Crippen LogP contribution in [-0.4, -0.2) is 55.7 Å². The van der Waals surface area contributed by atoms with Crippen molar-refractivity contribution >= 4 is 5.91 Å². The molecule has 120 valence electrons. The van der Waals surface area contributed by atoms with Gasteiger partial charge in [-0.05, 0) is 53.1 Å². The quantitative estimate of drug-likeness (QED) is 0.569. The minimum atomic E-state index is -0.597. The van der Waals surface area contributed by atoms with E-state index in [0.29, 0.717) is 6.04 Å². The maximum Gasteiger partial charge on any atom is 0.237 e. The molecule has 0 aliphatic heterocycles. The lowest BCUT2D eigenvalue weighted by Gasteiger charge is -2.30. The first-order valence-electron chi connectivity index (χ1n) is 7.65. The van der Waals surface area contributed by atoms with E-state index >= 15 is 0 Å². The molecule has 0 saturated heterocycles. The monoisotopic (exact) mass is 287 g/mol. The van der Waals surface area contributed by atoms with Crippen LogP contribution in [0.4, 0.5) is 0 Å². The Labute approximate surface area is 124 Å². The van der Waals surface area contributed by atoms with E-state index in [-0.39, 0.29) is 5.91 Å². The fourth-order valence-corrected chi connectivity index (χ4v) is 2.17. The molecule has 20 heavy (non-hydrogen) atoms. The summed E-state index contributed by atoms with van der Waals surface area (Å²) in [6, 6.07) is 0.480. The molecule has 5 heteroatoms. The molecule has 0 aliphatic carbocycles. The van der Waals surface area contributed by atoms with Crippen LogP contribution in [0.15, 0.2) is 0 Å². The molecule has 1 amide bonds. The number of primary amides is 1. The standard InChI is InChI=1S/C15H33N3O2/c1-6-9-17-15(4,14(16)19)8-7-10-18(13(2)3)11-12-20-5/h13,17H,6-12H2,1-5H3,(H2,16,19). The van der Waals surface area contributed by atoms with Crippen LogP contribution in [-0.2, 0) is 9.53 Å². The number of hydrogen-bond acceptors (Lipinski definition) is 4. The van der Waals surface area contributed by atoms with Gasteiger partial charge in [-0.2, -0.15) is 0 Å². The smallest absolute Gasteiger partial charge is 0.237 e. The van der Waals surface area contributed by atoms with Crippen LogP contribution in [0.5, 0.6) is 0 Å². The van der Waals surface area contributed by atoms with Crippen LogP contribution < -0.4 is 11.1 Å². The van der Waals surface area contributed by atoms with Crippen LogP contribution in [0.1, 0.15) is 47.0 Å². The van der Waals surface area contributed by atoms with Gasteiger partial charge in [-0.25, -0.2) is 0 Å². The second-order valence-electron chi connectivity index (χ2n) is 5.85. The van der Waals surface area contributed by atoms with Crippen molar-refractivity contribution in [1.82, 2.24) is 10.2 Å². The predicted octanol–water partition coefficient (Wildman–Crippen LogP) is 1.37. The zero-order chi connectivity index (χ0) is 15.6. The minimum absolute atomic E-state index is 0.265. The Kier molecular flexibility index (Phi) is 9.80. The van der Waals surface area contributed by atoms with Gasteiger partial charge in [0.05, 0.1) is 12.1 Å². The van der Waals surface area contributed by atoms with Crippen molar-refractivity contribution in [2.75, 3.05) is 33.4 Å². The maximum atomic E-state index is 11.6. The highest BCUT2D eigenvalue weighted by atomic mass is 16.5. The summed E-state index contributed by atoms with van der Waals surface area (Å²) >= 11 is 0. The summed E-state index contributed by atoms with van der Waals surface area (Å²) < 4.78 is 5.13. The summed E-state index contributed by atoms with van der Waals surface area (Å²) in [5.74, 6) is -0.265. The minimum Gasteiger partial charge on any atom is -0.383 e. The summed E-state index contributed by atoms with van der Waals surface area (Å²) in [6.45, 7) is 11.8. The SMILES string of the molecule is CCCNC(C)(CCCN(CCOC)C(C)C)C(N)=O. The molecule has 0 bridgehead atoms. The van der Waals surface area contributed by atoms with Gasteiger partial charge in [-0.15, -0.1) is 0 Å². The third-order valence-corrected chi connectivity index (χ3v) is 3.74.